The van der Waals surface area contributed by atoms with Crippen LogP contribution in [0.4, 0.5) is 0 Å². The summed E-state index contributed by atoms with van der Waals surface area (Å²) in [6.07, 6.45) is 5.30. The third-order valence-corrected chi connectivity index (χ3v) is 1.86. The fourth-order valence-corrected chi connectivity index (χ4v) is 1.08. The molecule has 0 saturated heterocycles. The van der Waals surface area contributed by atoms with Crippen LogP contribution in [0.3, 0.4) is 0 Å². The molecule has 0 atom stereocenters. The molecule has 0 radical (unpaired) electrons. The van der Waals surface area contributed by atoms with Gasteiger partial charge < -0.3 is 4.98 Å². The lowest BCUT2D eigenvalue weighted by atomic mass is 10.2. The number of imidazole rings is 1. The highest BCUT2D eigenvalue weighted by Crippen LogP contribution is 2.03. The monoisotopic (exact) mass is 208 g/mol. The van der Waals surface area contributed by atoms with Gasteiger partial charge in [0.05, 0.1) is 11.6 Å². The molecule has 0 amide bonds. The number of alkyl halides is 1. The van der Waals surface area contributed by atoms with Gasteiger partial charge in [-0.05, 0) is 6.42 Å². The summed E-state index contributed by atoms with van der Waals surface area (Å²) in [4.78, 5) is 7.37. The molecule has 70 valence electrons. The first-order chi connectivity index (χ1) is 5.36. The van der Waals surface area contributed by atoms with E-state index in [-0.39, 0.29) is 12.4 Å². The van der Waals surface area contributed by atoms with Crippen molar-refractivity contribution in [1.82, 2.24) is 9.97 Å². The van der Waals surface area contributed by atoms with Crippen LogP contribution in [0.5, 0.6) is 0 Å². The summed E-state index contributed by atoms with van der Waals surface area (Å²) in [5.74, 6) is 1.56. The molecule has 4 heteroatoms. The molecule has 0 spiro atoms. The molecule has 1 N–H and O–H groups in total. The predicted molar refractivity (Wildman–Crippen MR) is 54.0 cm³/mol. The van der Waals surface area contributed by atoms with E-state index in [0.29, 0.717) is 5.88 Å². The number of halogens is 2. The number of aromatic nitrogens is 2. The van der Waals surface area contributed by atoms with Crippen molar-refractivity contribution in [2.75, 3.05) is 0 Å². The number of aromatic amines is 1. The number of hydrogen-bond donors (Lipinski definition) is 1. The van der Waals surface area contributed by atoms with Crippen LogP contribution in [0.15, 0.2) is 6.20 Å². The number of nitrogens with one attached hydrogen (secondary N) is 1. The molecule has 0 bridgehead atoms. The van der Waals surface area contributed by atoms with E-state index in [4.69, 9.17) is 11.6 Å². The third kappa shape index (κ3) is 3.46. The maximum Gasteiger partial charge on any atom is 0.106 e. The highest BCUT2D eigenvalue weighted by molar-refractivity contribution is 6.16. The van der Waals surface area contributed by atoms with E-state index in [1.54, 1.807) is 0 Å². The molecule has 0 aliphatic carbocycles. The summed E-state index contributed by atoms with van der Waals surface area (Å²) in [5, 5.41) is 0. The molecule has 0 fully saturated rings. The molecule has 0 aliphatic rings. The van der Waals surface area contributed by atoms with Crippen LogP contribution in [0.25, 0.3) is 0 Å². The summed E-state index contributed by atoms with van der Waals surface area (Å²) < 4.78 is 0. The second-order valence-corrected chi connectivity index (χ2v) is 2.84. The van der Waals surface area contributed by atoms with Crippen molar-refractivity contribution >= 4 is 24.0 Å². The van der Waals surface area contributed by atoms with Gasteiger partial charge in [-0.2, -0.15) is 0 Å². The second kappa shape index (κ2) is 6.32. The van der Waals surface area contributed by atoms with E-state index in [1.165, 1.54) is 12.8 Å². The van der Waals surface area contributed by atoms with Gasteiger partial charge in [-0.25, -0.2) is 4.98 Å². The van der Waals surface area contributed by atoms with E-state index >= 15 is 0 Å². The van der Waals surface area contributed by atoms with Gasteiger partial charge in [0.2, 0.25) is 0 Å². The van der Waals surface area contributed by atoms with Gasteiger partial charge in [0.25, 0.3) is 0 Å². The van der Waals surface area contributed by atoms with Crippen molar-refractivity contribution in [1.29, 1.82) is 0 Å². The highest BCUT2D eigenvalue weighted by Gasteiger charge is 1.97. The molecule has 1 aromatic heterocycles. The minimum absolute atomic E-state index is 0. The van der Waals surface area contributed by atoms with Gasteiger partial charge in [0.15, 0.2) is 0 Å². The Labute approximate surface area is 84.1 Å². The van der Waals surface area contributed by atoms with E-state index in [1.807, 2.05) is 6.20 Å². The third-order valence-electron chi connectivity index (χ3n) is 1.59. The van der Waals surface area contributed by atoms with E-state index in [2.05, 4.69) is 16.9 Å². The zero-order chi connectivity index (χ0) is 8.10. The molecule has 2 nitrogen and oxygen atoms in total. The van der Waals surface area contributed by atoms with Crippen molar-refractivity contribution in [3.05, 3.63) is 17.7 Å². The fourth-order valence-electron chi connectivity index (χ4n) is 0.945. The van der Waals surface area contributed by atoms with Crippen LogP contribution in [0.1, 0.15) is 31.3 Å². The normalized spacial score (nSPS) is 9.50. The van der Waals surface area contributed by atoms with Crippen molar-refractivity contribution in [3.63, 3.8) is 0 Å². The average Bonchev–Trinajstić information content (AvgIpc) is 2.48. The molecule has 0 aliphatic heterocycles. The van der Waals surface area contributed by atoms with Gasteiger partial charge in [0.1, 0.15) is 5.82 Å². The van der Waals surface area contributed by atoms with Gasteiger partial charge in [-0.15, -0.1) is 24.0 Å². The van der Waals surface area contributed by atoms with Crippen LogP contribution in [-0.4, -0.2) is 9.97 Å². The van der Waals surface area contributed by atoms with Crippen LogP contribution in [-0.2, 0) is 12.3 Å². The fraction of sp³-hybridized carbons (Fsp3) is 0.625. The lowest BCUT2D eigenvalue weighted by Gasteiger charge is -1.91. The number of H-pyrrole nitrogens is 1. The quantitative estimate of drug-likeness (QED) is 0.759. The maximum absolute atomic E-state index is 5.59. The molecule has 0 saturated carbocycles. The molecular formula is C8H14Cl2N2. The minimum Gasteiger partial charge on any atom is -0.348 e. The Kier molecular flexibility index (Phi) is 6.21. The lowest BCUT2D eigenvalue weighted by Crippen LogP contribution is -1.87. The Morgan fingerprint density at radius 3 is 2.83 bits per heavy atom. The van der Waals surface area contributed by atoms with E-state index < -0.39 is 0 Å². The van der Waals surface area contributed by atoms with Crippen molar-refractivity contribution in [2.45, 2.75) is 32.1 Å². The first-order valence-corrected chi connectivity index (χ1v) is 4.49. The van der Waals surface area contributed by atoms with Gasteiger partial charge >= 0.3 is 0 Å². The largest absolute Gasteiger partial charge is 0.348 e. The summed E-state index contributed by atoms with van der Waals surface area (Å²) in [6, 6.07) is 0. The molecule has 0 aromatic carbocycles. The van der Waals surface area contributed by atoms with Crippen LogP contribution in [0, 0.1) is 0 Å². The Morgan fingerprint density at radius 1 is 1.58 bits per heavy atom. The molecule has 1 rings (SSSR count). The first kappa shape index (κ1) is 11.8. The van der Waals surface area contributed by atoms with E-state index in [9.17, 15) is 0 Å². The SMILES string of the molecule is CCCCc1nc(CCl)c[nH]1.Cl. The smallest absolute Gasteiger partial charge is 0.106 e. The number of rotatable bonds is 4. The highest BCUT2D eigenvalue weighted by atomic mass is 35.5. The zero-order valence-electron chi connectivity index (χ0n) is 7.14. The predicted octanol–water partition coefficient (Wildman–Crippen LogP) is 2.91. The number of unbranched alkanes of at least 4 members (excludes halogenated alkanes) is 1. The standard InChI is InChI=1S/C8H13ClN2.ClH/c1-2-3-4-8-10-6-7(5-9)11-8;/h6H,2-5H2,1H3,(H,10,11);1H. The second-order valence-electron chi connectivity index (χ2n) is 2.58. The van der Waals surface area contributed by atoms with E-state index in [0.717, 1.165) is 17.9 Å². The van der Waals surface area contributed by atoms with Crippen LogP contribution < -0.4 is 0 Å². The van der Waals surface area contributed by atoms with Gasteiger partial charge in [-0.1, -0.05) is 13.3 Å². The van der Waals surface area contributed by atoms with Gasteiger partial charge in [0, 0.05) is 12.6 Å². The lowest BCUT2D eigenvalue weighted by molar-refractivity contribution is 0.761. The first-order valence-electron chi connectivity index (χ1n) is 3.96. The average molecular weight is 209 g/mol. The summed E-state index contributed by atoms with van der Waals surface area (Å²) in [7, 11) is 0. The van der Waals surface area contributed by atoms with Crippen molar-refractivity contribution < 1.29 is 0 Å². The molecule has 0 unspecified atom stereocenters. The topological polar surface area (TPSA) is 28.7 Å². The molecular weight excluding hydrogens is 195 g/mol. The molecule has 1 heterocycles. The summed E-state index contributed by atoms with van der Waals surface area (Å²) in [6.45, 7) is 2.17. The Morgan fingerprint density at radius 2 is 2.33 bits per heavy atom. The Hall–Kier alpha value is -0.210. The van der Waals surface area contributed by atoms with Crippen LogP contribution >= 0.6 is 24.0 Å². The van der Waals surface area contributed by atoms with Crippen LogP contribution in [0.2, 0.25) is 0 Å². The Balaban J connectivity index is 0.00000121. The summed E-state index contributed by atoms with van der Waals surface area (Å²) >= 11 is 5.59. The molecule has 12 heavy (non-hydrogen) atoms. The number of nitrogens with zero attached hydrogens (tertiary/aromatic N) is 1. The van der Waals surface area contributed by atoms with Crippen molar-refractivity contribution in [3.8, 4) is 0 Å². The minimum atomic E-state index is 0. The van der Waals surface area contributed by atoms with Gasteiger partial charge in [-0.3, -0.25) is 0 Å². The van der Waals surface area contributed by atoms with Crippen molar-refractivity contribution in [2.24, 2.45) is 0 Å². The maximum atomic E-state index is 5.59. The number of hydrogen-bond acceptors (Lipinski definition) is 1. The number of aryl methyl sites for hydroxylation is 1. The molecule has 1 aromatic rings. The summed E-state index contributed by atoms with van der Waals surface area (Å²) in [5.41, 5.74) is 0.942. The zero-order valence-corrected chi connectivity index (χ0v) is 8.71. The Bertz CT molecular complexity index is 211.